The van der Waals surface area contributed by atoms with Crippen LogP contribution in [0.3, 0.4) is 0 Å². The van der Waals surface area contributed by atoms with Crippen molar-refractivity contribution in [3.8, 4) is 11.5 Å². The van der Waals surface area contributed by atoms with Gasteiger partial charge in [0.25, 0.3) is 0 Å². The number of rotatable bonds is 12. The summed E-state index contributed by atoms with van der Waals surface area (Å²) in [7, 11) is -3.91. The second kappa shape index (κ2) is 13.5. The summed E-state index contributed by atoms with van der Waals surface area (Å²) in [6.45, 7) is 3.11. The Bertz CT molecular complexity index is 1500. The van der Waals surface area contributed by atoms with Crippen LogP contribution in [-0.2, 0) is 32.6 Å². The number of anilines is 1. The van der Waals surface area contributed by atoms with E-state index < -0.39 is 28.5 Å². The van der Waals surface area contributed by atoms with Gasteiger partial charge in [0, 0.05) is 25.6 Å². The van der Waals surface area contributed by atoms with Crippen molar-refractivity contribution >= 4 is 50.7 Å². The highest BCUT2D eigenvalue weighted by Crippen LogP contribution is 2.36. The zero-order chi connectivity index (χ0) is 29.6. The molecule has 41 heavy (non-hydrogen) atoms. The van der Waals surface area contributed by atoms with Gasteiger partial charge < -0.3 is 19.7 Å². The van der Waals surface area contributed by atoms with E-state index in [4.69, 9.17) is 32.7 Å². The van der Waals surface area contributed by atoms with E-state index in [0.29, 0.717) is 33.7 Å². The van der Waals surface area contributed by atoms with E-state index in [1.54, 1.807) is 37.3 Å². The molecular weight excluding hydrogens is 589 g/mol. The number of carbonyl (C=O) groups excluding carboxylic acids is 2. The third kappa shape index (κ3) is 7.44. The molecule has 0 saturated carbocycles. The van der Waals surface area contributed by atoms with Gasteiger partial charge in [-0.1, -0.05) is 59.6 Å². The molecule has 3 aromatic rings. The van der Waals surface area contributed by atoms with Crippen LogP contribution >= 0.6 is 23.2 Å². The number of sulfonamides is 1. The van der Waals surface area contributed by atoms with E-state index in [9.17, 15) is 18.0 Å². The van der Waals surface area contributed by atoms with Gasteiger partial charge in [0.15, 0.2) is 11.5 Å². The van der Waals surface area contributed by atoms with Crippen molar-refractivity contribution < 1.29 is 27.5 Å². The Morgan fingerprint density at radius 1 is 0.927 bits per heavy atom. The molecule has 4 rings (SSSR count). The van der Waals surface area contributed by atoms with Gasteiger partial charge in [-0.3, -0.25) is 13.9 Å². The average molecular weight is 621 g/mol. The van der Waals surface area contributed by atoms with Gasteiger partial charge in [0.05, 0.1) is 21.5 Å². The molecule has 0 aliphatic carbocycles. The molecule has 1 atom stereocenters. The number of nitrogens with zero attached hydrogens (tertiary/aromatic N) is 2. The van der Waals surface area contributed by atoms with E-state index in [1.807, 2.05) is 30.3 Å². The monoisotopic (exact) mass is 619 g/mol. The first-order chi connectivity index (χ1) is 19.6. The van der Waals surface area contributed by atoms with E-state index in [1.165, 1.54) is 17.9 Å². The van der Waals surface area contributed by atoms with Crippen LogP contribution in [0.1, 0.15) is 25.0 Å². The van der Waals surface area contributed by atoms with Crippen LogP contribution in [0.25, 0.3) is 0 Å². The van der Waals surface area contributed by atoms with Crippen molar-refractivity contribution in [3.05, 3.63) is 87.9 Å². The smallest absolute Gasteiger partial charge is 0.244 e. The number of benzene rings is 3. The Labute approximate surface area is 250 Å². The summed E-state index contributed by atoms with van der Waals surface area (Å²) in [6.07, 6.45) is 0.213. The van der Waals surface area contributed by atoms with Crippen LogP contribution in [0.15, 0.2) is 66.7 Å². The minimum atomic E-state index is -3.91. The first-order valence-electron chi connectivity index (χ1n) is 13.1. The van der Waals surface area contributed by atoms with Gasteiger partial charge in [0.2, 0.25) is 28.6 Å². The summed E-state index contributed by atoms with van der Waals surface area (Å²) >= 11 is 12.4. The standard InChI is InChI=1S/C29H31Cl2N3O6S/c1-3-32-29(36)25(15-20-8-6-5-7-9-20)33(17-21-10-12-23(30)24(31)14-21)28(35)18-34(41(37,38)4-2)22-11-13-26-27(16-22)40-19-39-26/h5-14,16,25H,3-4,15,17-19H2,1-2H3,(H,32,36)/t25-/m1/s1. The fourth-order valence-corrected chi connectivity index (χ4v) is 5.82. The lowest BCUT2D eigenvalue weighted by atomic mass is 10.0. The normalized spacial score (nSPS) is 13.0. The number of likely N-dealkylation sites (N-methyl/N-ethyl adjacent to an activating group) is 1. The number of hydrogen-bond donors (Lipinski definition) is 1. The number of hydrogen-bond acceptors (Lipinski definition) is 6. The predicted molar refractivity (Wildman–Crippen MR) is 159 cm³/mol. The summed E-state index contributed by atoms with van der Waals surface area (Å²) < 4.78 is 38.4. The second-order valence-electron chi connectivity index (χ2n) is 9.31. The maximum atomic E-state index is 14.1. The number of halogens is 2. The summed E-state index contributed by atoms with van der Waals surface area (Å²) in [6, 6.07) is 18.0. The molecule has 9 nitrogen and oxygen atoms in total. The highest BCUT2D eigenvalue weighted by molar-refractivity contribution is 7.92. The summed E-state index contributed by atoms with van der Waals surface area (Å²) in [5.41, 5.74) is 1.71. The van der Waals surface area contributed by atoms with E-state index >= 15 is 0 Å². The number of nitrogens with one attached hydrogen (secondary N) is 1. The fourth-order valence-electron chi connectivity index (χ4n) is 4.44. The van der Waals surface area contributed by atoms with Crippen molar-refractivity contribution in [3.63, 3.8) is 0 Å². The summed E-state index contributed by atoms with van der Waals surface area (Å²) in [5, 5.41) is 3.46. The molecule has 0 fully saturated rings. The minimum absolute atomic E-state index is 0.00842. The maximum absolute atomic E-state index is 14.1. The molecule has 3 aromatic carbocycles. The van der Waals surface area contributed by atoms with Crippen molar-refractivity contribution in [2.75, 3.05) is 29.9 Å². The van der Waals surface area contributed by atoms with Gasteiger partial charge in [0.1, 0.15) is 12.6 Å². The average Bonchev–Trinajstić information content (AvgIpc) is 3.44. The molecule has 12 heteroatoms. The topological polar surface area (TPSA) is 105 Å². The van der Waals surface area contributed by atoms with E-state index in [-0.39, 0.29) is 37.1 Å². The van der Waals surface area contributed by atoms with Gasteiger partial charge >= 0.3 is 0 Å². The van der Waals surface area contributed by atoms with Gasteiger partial charge in [-0.25, -0.2) is 8.42 Å². The number of carbonyl (C=O) groups is 2. The minimum Gasteiger partial charge on any atom is -0.454 e. The fraction of sp³-hybridized carbons (Fsp3) is 0.310. The molecular formula is C29H31Cl2N3O6S. The van der Waals surface area contributed by atoms with Crippen molar-refractivity contribution in [1.82, 2.24) is 10.2 Å². The van der Waals surface area contributed by atoms with Gasteiger partial charge in [-0.2, -0.15) is 0 Å². The Hall–Kier alpha value is -3.47. The molecule has 0 unspecified atom stereocenters. The lowest BCUT2D eigenvalue weighted by molar-refractivity contribution is -0.140. The zero-order valence-corrected chi connectivity index (χ0v) is 25.0. The highest BCUT2D eigenvalue weighted by atomic mass is 35.5. The molecule has 0 aromatic heterocycles. The van der Waals surface area contributed by atoms with E-state index in [0.717, 1.165) is 9.87 Å². The Kier molecular flexibility index (Phi) is 10.0. The predicted octanol–water partition coefficient (Wildman–Crippen LogP) is 4.65. The molecule has 1 heterocycles. The third-order valence-corrected chi connectivity index (χ3v) is 9.06. The Morgan fingerprint density at radius 3 is 2.34 bits per heavy atom. The van der Waals surface area contributed by atoms with Crippen LogP contribution < -0.4 is 19.1 Å². The van der Waals surface area contributed by atoms with Crippen molar-refractivity contribution in [2.45, 2.75) is 32.9 Å². The van der Waals surface area contributed by atoms with E-state index in [2.05, 4.69) is 5.32 Å². The first kappa shape index (κ1) is 30.5. The number of ether oxygens (including phenoxy) is 2. The molecule has 1 aliphatic heterocycles. The zero-order valence-electron chi connectivity index (χ0n) is 22.7. The van der Waals surface area contributed by atoms with Crippen LogP contribution in [-0.4, -0.2) is 56.8 Å². The van der Waals surface area contributed by atoms with Crippen LogP contribution in [0.2, 0.25) is 10.0 Å². The molecule has 2 amide bonds. The van der Waals surface area contributed by atoms with Crippen molar-refractivity contribution in [1.29, 1.82) is 0 Å². The highest BCUT2D eigenvalue weighted by Gasteiger charge is 2.34. The molecule has 0 saturated heterocycles. The van der Waals surface area contributed by atoms with Crippen LogP contribution in [0.4, 0.5) is 5.69 Å². The largest absolute Gasteiger partial charge is 0.454 e. The molecule has 1 aliphatic rings. The number of amides is 2. The number of fused-ring (bicyclic) bond motifs is 1. The maximum Gasteiger partial charge on any atom is 0.244 e. The van der Waals surface area contributed by atoms with Crippen molar-refractivity contribution in [2.24, 2.45) is 0 Å². The second-order valence-corrected chi connectivity index (χ2v) is 12.3. The van der Waals surface area contributed by atoms with Crippen LogP contribution in [0, 0.1) is 0 Å². The first-order valence-corrected chi connectivity index (χ1v) is 15.4. The Balaban J connectivity index is 1.75. The molecule has 0 spiro atoms. The lowest BCUT2D eigenvalue weighted by Crippen LogP contribution is -2.53. The Morgan fingerprint density at radius 2 is 1.66 bits per heavy atom. The summed E-state index contributed by atoms with van der Waals surface area (Å²) in [4.78, 5) is 29.0. The lowest BCUT2D eigenvalue weighted by Gasteiger charge is -2.33. The van der Waals surface area contributed by atoms with Crippen LogP contribution in [0.5, 0.6) is 11.5 Å². The van der Waals surface area contributed by atoms with Gasteiger partial charge in [-0.15, -0.1) is 0 Å². The molecule has 218 valence electrons. The SMILES string of the molecule is CCNC(=O)[C@@H](Cc1ccccc1)N(Cc1ccc(Cl)c(Cl)c1)C(=O)CN(c1ccc2c(c1)OCO2)S(=O)(=O)CC. The molecule has 1 N–H and O–H groups in total. The molecule has 0 radical (unpaired) electrons. The summed E-state index contributed by atoms with van der Waals surface area (Å²) in [5.74, 6) is -0.320. The third-order valence-electron chi connectivity index (χ3n) is 6.58. The van der Waals surface area contributed by atoms with Gasteiger partial charge in [-0.05, 0) is 49.2 Å². The quantitative estimate of drug-likeness (QED) is 0.316. The molecule has 0 bridgehead atoms.